The van der Waals surface area contributed by atoms with Gasteiger partial charge in [-0.2, -0.15) is 0 Å². The van der Waals surface area contributed by atoms with Crippen LogP contribution in [0, 0.1) is 65.1 Å². The van der Waals surface area contributed by atoms with E-state index in [1.807, 2.05) is 121 Å². The number of fused-ring (bicyclic) bond motifs is 3. The highest BCUT2D eigenvalue weighted by Gasteiger charge is 2.29. The van der Waals surface area contributed by atoms with Gasteiger partial charge in [-0.1, -0.05) is 156 Å². The van der Waals surface area contributed by atoms with Gasteiger partial charge in [-0.15, -0.1) is 0 Å². The largest absolute Gasteiger partial charge is 0.370 e. The molecule has 0 saturated heterocycles. The minimum absolute atomic E-state index is 0.0294. The number of para-hydroxylation sites is 3. The molecule has 0 aliphatic heterocycles. The Bertz CT molecular complexity index is 4550. The summed E-state index contributed by atoms with van der Waals surface area (Å²) in [6.07, 6.45) is 26.2. The number of nitrogens with one attached hydrogen (secondary N) is 12. The van der Waals surface area contributed by atoms with Gasteiger partial charge in [0.1, 0.15) is 34.7 Å². The van der Waals surface area contributed by atoms with Crippen molar-refractivity contribution in [3.63, 3.8) is 0 Å². The molecule has 6 rings (SSSR count). The van der Waals surface area contributed by atoms with Gasteiger partial charge in [0.05, 0.1) is 0 Å². The number of urea groups is 4. The van der Waals surface area contributed by atoms with Gasteiger partial charge >= 0.3 is 24.1 Å². The van der Waals surface area contributed by atoms with Crippen LogP contribution in [0.5, 0.6) is 0 Å². The van der Waals surface area contributed by atoms with Gasteiger partial charge in [0.2, 0.25) is 11.8 Å². The Morgan fingerprint density at radius 2 is 0.679 bits per heavy atom. The van der Waals surface area contributed by atoms with E-state index in [1.54, 1.807) is 0 Å². The summed E-state index contributed by atoms with van der Waals surface area (Å²) in [5, 5.41) is 31.0. The summed E-state index contributed by atoms with van der Waals surface area (Å²) >= 11 is 0. The fourth-order valence-electron chi connectivity index (χ4n) is 18.5. The molecule has 11 atom stereocenters. The summed E-state index contributed by atoms with van der Waals surface area (Å²) in [4.78, 5) is 167. The maximum absolute atomic E-state index is 13.7. The van der Waals surface area contributed by atoms with E-state index in [0.29, 0.717) is 187 Å². The van der Waals surface area contributed by atoms with Crippen LogP contribution in [-0.2, 0) is 57.6 Å². The highest BCUT2D eigenvalue weighted by atomic mass is 16.2. The van der Waals surface area contributed by atoms with Crippen LogP contribution in [0.2, 0.25) is 0 Å². The minimum Gasteiger partial charge on any atom is -0.370 e. The number of hydrogen-bond donors (Lipinski definition) is 17. The molecule has 137 heavy (non-hydrogen) atoms. The molecule has 10 amide bonds. The number of primary amides is 1. The predicted molar refractivity (Wildman–Crippen MR) is 554 cm³/mol. The first-order valence-corrected chi connectivity index (χ1v) is 51.9. The monoisotopic (exact) mass is 1900 g/mol. The maximum Gasteiger partial charge on any atom is 0.315 e. The van der Waals surface area contributed by atoms with Crippen molar-refractivity contribution in [2.75, 3.05) is 52.4 Å². The number of hydrogen-bond acceptors (Lipinski definition) is 16. The van der Waals surface area contributed by atoms with Gasteiger partial charge in [-0.05, 0) is 249 Å². The van der Waals surface area contributed by atoms with E-state index < -0.39 is 0 Å². The van der Waals surface area contributed by atoms with Gasteiger partial charge in [0.25, 0.3) is 0 Å². The molecular formula is C108H177N17O12. The number of aromatic amines is 3. The number of ketones is 6. The van der Waals surface area contributed by atoms with Gasteiger partial charge in [-0.25, -0.2) is 19.2 Å². The van der Waals surface area contributed by atoms with Crippen molar-refractivity contribution >= 4 is 103 Å². The fourth-order valence-corrected chi connectivity index (χ4v) is 18.5. The predicted octanol–water partition coefficient (Wildman–Crippen LogP) is 16.9. The number of Topliss-reactive ketones (excluding diaryl/α,β-unsaturated/α-hetero) is 6. The summed E-state index contributed by atoms with van der Waals surface area (Å²) in [7, 11) is 0. The third-order valence-corrected chi connectivity index (χ3v) is 26.9. The zero-order valence-electron chi connectivity index (χ0n) is 85.3. The first-order chi connectivity index (χ1) is 65.6. The van der Waals surface area contributed by atoms with E-state index in [9.17, 15) is 57.5 Å². The fraction of sp³-hybridized carbons (Fsp3) is 0.667. The highest BCUT2D eigenvalue weighted by molar-refractivity contribution is 5.87. The SMILES string of the molecule is CC(C)CC(=O)C[C@H](CCC(=O)N[C@H](CCC(=O)C[C@@H](CCCCN)CNC(=O)N[C@H](CCC(=O)C[C@@H](CCCCN)CNC(=O)N[C@H](C)Cc1c[nH]c2ccccc12)C(C)C)C(C)C)Cc1c[nH]c2ccccc12.CCCC(=O)C[C@H](CNC(=O)N[C@@H](CCCCN)CCC(=O)C[C@H](CNC(=O)N[C@@H](CCCCN)CCC(=O)C[C@H](CCC(N)=O)C(C)C)Cc1c[nH]c2ccccc12)C(C)C. The number of nitrogens with two attached hydrogens (primary N) is 5. The topological polar surface area (TPSA) is 491 Å². The van der Waals surface area contributed by atoms with Gasteiger partial charge in [0, 0.05) is 198 Å². The summed E-state index contributed by atoms with van der Waals surface area (Å²) < 4.78 is 0. The summed E-state index contributed by atoms with van der Waals surface area (Å²) in [6.45, 7) is 28.0. The first-order valence-electron chi connectivity index (χ1n) is 51.9. The molecule has 0 bridgehead atoms. The van der Waals surface area contributed by atoms with Crippen molar-refractivity contribution in [1.29, 1.82) is 0 Å². The van der Waals surface area contributed by atoms with Crippen molar-refractivity contribution in [2.24, 2.45) is 93.8 Å². The Labute approximate surface area is 817 Å². The molecule has 766 valence electrons. The first kappa shape index (κ1) is 118. The number of amides is 10. The number of rotatable bonds is 73. The average molecular weight is 1910 g/mol. The lowest BCUT2D eigenvalue weighted by molar-refractivity contribution is -0.124. The quantitative estimate of drug-likeness (QED) is 0.0158. The van der Waals surface area contributed by atoms with E-state index in [4.69, 9.17) is 28.7 Å². The lowest BCUT2D eigenvalue weighted by atomic mass is 9.85. The average Bonchev–Trinajstić information content (AvgIpc) is 1.67. The minimum atomic E-state index is -0.368. The number of carbonyl (C=O) groups excluding carboxylic acids is 12. The van der Waals surface area contributed by atoms with Crippen molar-refractivity contribution in [3.8, 4) is 0 Å². The van der Waals surface area contributed by atoms with E-state index in [1.165, 1.54) is 0 Å². The Balaban J connectivity index is 0.000000493. The van der Waals surface area contributed by atoms with Crippen LogP contribution in [0.25, 0.3) is 32.7 Å². The Morgan fingerprint density at radius 3 is 1.11 bits per heavy atom. The molecule has 0 radical (unpaired) electrons. The van der Waals surface area contributed by atoms with Crippen LogP contribution in [0.15, 0.2) is 91.4 Å². The van der Waals surface area contributed by atoms with Crippen molar-refractivity contribution in [2.45, 2.75) is 344 Å². The molecule has 0 aliphatic carbocycles. The Kier molecular flexibility index (Phi) is 57.3. The van der Waals surface area contributed by atoms with E-state index in [-0.39, 0.29) is 192 Å². The molecule has 6 aromatic rings. The number of benzene rings is 3. The van der Waals surface area contributed by atoms with E-state index in [2.05, 4.69) is 116 Å². The highest BCUT2D eigenvalue weighted by Crippen LogP contribution is 2.30. The Morgan fingerprint density at radius 1 is 0.314 bits per heavy atom. The van der Waals surface area contributed by atoms with Crippen LogP contribution in [0.1, 0.15) is 312 Å². The molecule has 0 spiro atoms. The Hall–Kier alpha value is -9.84. The second kappa shape index (κ2) is 66.7. The molecule has 3 aromatic carbocycles. The second-order valence-electron chi connectivity index (χ2n) is 40.8. The van der Waals surface area contributed by atoms with Crippen molar-refractivity contribution in [3.05, 3.63) is 108 Å². The third kappa shape index (κ3) is 49.0. The van der Waals surface area contributed by atoms with Crippen molar-refractivity contribution in [1.82, 2.24) is 62.8 Å². The molecule has 29 nitrogen and oxygen atoms in total. The molecule has 0 aliphatic rings. The normalized spacial score (nSPS) is 14.1. The third-order valence-electron chi connectivity index (χ3n) is 26.9. The number of H-pyrrole nitrogens is 3. The lowest BCUT2D eigenvalue weighted by Gasteiger charge is -2.25. The van der Waals surface area contributed by atoms with E-state index >= 15 is 0 Å². The molecule has 0 unspecified atom stereocenters. The number of aromatic nitrogens is 3. The molecule has 0 fully saturated rings. The van der Waals surface area contributed by atoms with Crippen LogP contribution in [0.4, 0.5) is 19.2 Å². The molecule has 29 heteroatoms. The summed E-state index contributed by atoms with van der Waals surface area (Å²) in [5.74, 6) is 1.08. The number of unbranched alkanes of at least 4 members (excludes halogenated alkanes) is 4. The molecule has 0 saturated carbocycles. The zero-order valence-corrected chi connectivity index (χ0v) is 85.3. The summed E-state index contributed by atoms with van der Waals surface area (Å²) in [6, 6.07) is 22.0. The van der Waals surface area contributed by atoms with Crippen LogP contribution >= 0.6 is 0 Å². The number of carbonyl (C=O) groups is 12. The molecule has 22 N–H and O–H groups in total. The van der Waals surface area contributed by atoms with Gasteiger partial charge < -0.3 is 91.5 Å². The van der Waals surface area contributed by atoms with Crippen molar-refractivity contribution < 1.29 is 57.5 Å². The van der Waals surface area contributed by atoms with E-state index in [0.717, 1.165) is 120 Å². The summed E-state index contributed by atoms with van der Waals surface area (Å²) in [5.41, 5.74) is 35.0. The van der Waals surface area contributed by atoms with Gasteiger partial charge in [-0.3, -0.25) is 38.4 Å². The lowest BCUT2D eigenvalue weighted by Crippen LogP contribution is -2.46. The van der Waals surface area contributed by atoms with Crippen LogP contribution in [0.3, 0.4) is 0 Å². The molecule has 3 heterocycles. The van der Waals surface area contributed by atoms with Crippen LogP contribution in [-0.4, -0.2) is 168 Å². The smallest absolute Gasteiger partial charge is 0.315 e. The second-order valence-corrected chi connectivity index (χ2v) is 40.8. The molecule has 3 aromatic heterocycles. The molecular weight excluding hydrogens is 1730 g/mol. The zero-order chi connectivity index (χ0) is 101. The van der Waals surface area contributed by atoms with Gasteiger partial charge in [0.15, 0.2) is 0 Å². The maximum atomic E-state index is 13.7. The standard InChI is InChI=1S/C60H95N9O6.C48H82N8O6/c1-40(2)30-51(72)33-44(32-48-39-64-57-21-11-9-19-53(48)57)22-27-58(73)68-54(41(3)4)25-23-49(70)35-46(17-13-15-29-62)37-66-60(75)69-55(42(5)6)26-24-50(71)34-45(16-12-14-28-61)36-65-59(74)67-43(7)31-47-38-63-56-20-10-8-18-52(47)56;1-6-13-41(57)29-37(34(4)5)31-54-48(62)56-39(14-9-11-24-49)19-21-42(58)27-35(26-38-32-52-45-17-8-7-16-44(38)45)30-53-47(61)55-40(15-10-12-25-50)20-22-43(59)28-36(33(2)3)18-23-46(51)60/h8-11,18-21,38-46,54-55,63-64H,12-17,22-37,61-62H2,1-7H3,(H,68,73)(H2,65,67,74)(H2,66,69,75);7-8,16-17,32-37,39-40,52H,6,9-15,18-31,49-50H2,1-5H3,(H2,51,60)(H2,53,55,61)(H2,54,56,62)/t43-,44-,45-,46-,54-,55-;35-,36+,37-,39+,40+/m11/s1. The van der Waals surface area contributed by atoms with Crippen LogP contribution < -0.4 is 76.5 Å².